The molecule has 1 aromatic heterocycles. The van der Waals surface area contributed by atoms with Crippen molar-refractivity contribution in [3.63, 3.8) is 0 Å². The van der Waals surface area contributed by atoms with E-state index in [4.69, 9.17) is 14.7 Å². The molecule has 0 unspecified atom stereocenters. The number of hydrogen-bond donors (Lipinski definition) is 0. The van der Waals surface area contributed by atoms with E-state index in [1.54, 1.807) is 4.90 Å². The highest BCUT2D eigenvalue weighted by molar-refractivity contribution is 5.67. The van der Waals surface area contributed by atoms with Crippen molar-refractivity contribution < 1.29 is 14.3 Å². The largest absolute Gasteiger partial charge is 0.448 e. The summed E-state index contributed by atoms with van der Waals surface area (Å²) in [7, 11) is 1.89. The van der Waals surface area contributed by atoms with Gasteiger partial charge >= 0.3 is 6.09 Å². The van der Waals surface area contributed by atoms with E-state index in [-0.39, 0.29) is 12.1 Å². The summed E-state index contributed by atoms with van der Waals surface area (Å²) >= 11 is 0. The zero-order chi connectivity index (χ0) is 17.6. The number of carbonyl (C=O) groups is 1. The second-order valence-electron chi connectivity index (χ2n) is 6.75. The van der Waals surface area contributed by atoms with Crippen LogP contribution < -0.4 is 0 Å². The monoisotopic (exact) mass is 346 g/mol. The molecule has 0 aliphatic carbocycles. The first-order valence-corrected chi connectivity index (χ1v) is 8.96. The van der Waals surface area contributed by atoms with E-state index in [9.17, 15) is 4.79 Å². The Morgan fingerprint density at radius 1 is 1.36 bits per heavy atom. The van der Waals surface area contributed by atoms with Crippen LogP contribution in [0.3, 0.4) is 0 Å². The van der Waals surface area contributed by atoms with Gasteiger partial charge in [-0.15, -0.1) is 0 Å². The van der Waals surface area contributed by atoms with Crippen LogP contribution in [0.25, 0.3) is 0 Å². The van der Waals surface area contributed by atoms with Gasteiger partial charge in [-0.05, 0) is 31.0 Å². The lowest BCUT2D eigenvalue weighted by Crippen LogP contribution is -2.45. The smallest absolute Gasteiger partial charge is 0.409 e. The summed E-state index contributed by atoms with van der Waals surface area (Å²) in [6.07, 6.45) is 5.12. The highest BCUT2D eigenvalue weighted by atomic mass is 16.6. The van der Waals surface area contributed by atoms with Crippen molar-refractivity contribution in [3.05, 3.63) is 23.5 Å². The van der Waals surface area contributed by atoms with Gasteiger partial charge in [0.25, 0.3) is 0 Å². The van der Waals surface area contributed by atoms with Gasteiger partial charge in [0.2, 0.25) is 0 Å². The fourth-order valence-corrected chi connectivity index (χ4v) is 3.53. The van der Waals surface area contributed by atoms with Gasteiger partial charge in [-0.2, -0.15) is 5.26 Å². The van der Waals surface area contributed by atoms with Crippen LogP contribution in [-0.4, -0.2) is 66.0 Å². The fraction of sp³-hybridized carbons (Fsp3) is 0.667. The van der Waals surface area contributed by atoms with Gasteiger partial charge in [0, 0.05) is 38.9 Å². The molecule has 3 rings (SSSR count). The minimum Gasteiger partial charge on any atom is -0.448 e. The molecule has 1 amide bonds. The minimum atomic E-state index is -0.236. The number of piperidine rings is 1. The van der Waals surface area contributed by atoms with E-state index in [0.717, 1.165) is 37.9 Å². The summed E-state index contributed by atoms with van der Waals surface area (Å²) in [5.41, 5.74) is 1.80. The van der Waals surface area contributed by atoms with Crippen molar-refractivity contribution in [1.29, 1.82) is 5.26 Å². The number of aromatic nitrogens is 1. The van der Waals surface area contributed by atoms with E-state index in [0.29, 0.717) is 38.6 Å². The molecule has 2 saturated heterocycles. The van der Waals surface area contributed by atoms with E-state index in [1.165, 1.54) is 0 Å². The Morgan fingerprint density at radius 3 is 2.88 bits per heavy atom. The van der Waals surface area contributed by atoms with Crippen LogP contribution in [0.15, 0.2) is 12.3 Å². The maximum absolute atomic E-state index is 12.2. The van der Waals surface area contributed by atoms with Crippen LogP contribution in [-0.2, 0) is 23.1 Å². The van der Waals surface area contributed by atoms with Crippen molar-refractivity contribution >= 4 is 6.09 Å². The number of rotatable bonds is 4. The van der Waals surface area contributed by atoms with Gasteiger partial charge in [0.15, 0.2) is 0 Å². The third kappa shape index (κ3) is 4.53. The number of aryl methyl sites for hydroxylation is 1. The number of morpholine rings is 1. The highest BCUT2D eigenvalue weighted by Gasteiger charge is 2.26. The van der Waals surface area contributed by atoms with Crippen LogP contribution in [0.5, 0.6) is 0 Å². The van der Waals surface area contributed by atoms with Crippen LogP contribution in [0, 0.1) is 11.3 Å². The van der Waals surface area contributed by atoms with Crippen LogP contribution >= 0.6 is 0 Å². The molecule has 0 radical (unpaired) electrons. The molecule has 3 heterocycles. The molecule has 1 atom stereocenters. The number of amides is 1. The van der Waals surface area contributed by atoms with Crippen molar-refractivity contribution in [3.8, 4) is 6.07 Å². The van der Waals surface area contributed by atoms with Crippen molar-refractivity contribution in [2.75, 3.05) is 39.5 Å². The first kappa shape index (κ1) is 17.8. The molecular weight excluding hydrogens is 320 g/mol. The number of nitrogens with zero attached hydrogens (tertiary/aromatic N) is 4. The second-order valence-corrected chi connectivity index (χ2v) is 6.75. The summed E-state index contributed by atoms with van der Waals surface area (Å²) in [6.45, 7) is 4.59. The molecule has 1 aromatic rings. The Kier molecular flexibility index (Phi) is 5.95. The second kappa shape index (κ2) is 8.37. The Bertz CT molecular complexity index is 631. The average Bonchev–Trinajstić information content (AvgIpc) is 3.00. The van der Waals surface area contributed by atoms with Crippen LogP contribution in [0.1, 0.15) is 30.5 Å². The topological polar surface area (TPSA) is 70.7 Å². The lowest BCUT2D eigenvalue weighted by Gasteiger charge is -2.35. The third-order valence-electron chi connectivity index (χ3n) is 4.98. The van der Waals surface area contributed by atoms with Gasteiger partial charge in [-0.1, -0.05) is 6.42 Å². The summed E-state index contributed by atoms with van der Waals surface area (Å²) in [5, 5.41) is 9.10. The average molecular weight is 346 g/mol. The van der Waals surface area contributed by atoms with Gasteiger partial charge in [0.05, 0.1) is 13.2 Å². The maximum atomic E-state index is 12.2. The molecule has 0 aromatic carbocycles. The van der Waals surface area contributed by atoms with E-state index >= 15 is 0 Å². The Morgan fingerprint density at radius 2 is 2.16 bits per heavy atom. The molecule has 0 N–H and O–H groups in total. The zero-order valence-electron chi connectivity index (χ0n) is 14.8. The lowest BCUT2D eigenvalue weighted by atomic mass is 10.0. The normalized spacial score (nSPS) is 21.8. The van der Waals surface area contributed by atoms with E-state index in [1.807, 2.05) is 23.9 Å². The maximum Gasteiger partial charge on any atom is 0.409 e. The number of ether oxygens (including phenoxy) is 2. The fourth-order valence-electron chi connectivity index (χ4n) is 3.53. The summed E-state index contributed by atoms with van der Waals surface area (Å²) < 4.78 is 12.7. The molecule has 2 fully saturated rings. The molecule has 7 nitrogen and oxygen atoms in total. The SMILES string of the molecule is Cn1cc(CN2CCCC[C@@H]2COC(=O)N2CCOCC2)cc1C#N. The molecule has 0 saturated carbocycles. The number of nitriles is 1. The Balaban J connectivity index is 1.55. The zero-order valence-corrected chi connectivity index (χ0v) is 14.8. The van der Waals surface area contributed by atoms with Gasteiger partial charge in [0.1, 0.15) is 18.4 Å². The number of hydrogen-bond acceptors (Lipinski definition) is 5. The molecule has 7 heteroatoms. The summed E-state index contributed by atoms with van der Waals surface area (Å²) in [5.74, 6) is 0. The molecule has 0 spiro atoms. The first-order valence-electron chi connectivity index (χ1n) is 8.96. The third-order valence-corrected chi connectivity index (χ3v) is 4.98. The Labute approximate surface area is 148 Å². The molecule has 136 valence electrons. The lowest BCUT2D eigenvalue weighted by molar-refractivity contribution is 0.0119. The van der Waals surface area contributed by atoms with Gasteiger partial charge in [-0.3, -0.25) is 4.90 Å². The van der Waals surface area contributed by atoms with Crippen molar-refractivity contribution in [2.45, 2.75) is 31.8 Å². The molecule has 2 aliphatic heterocycles. The quantitative estimate of drug-likeness (QED) is 0.830. The van der Waals surface area contributed by atoms with Gasteiger partial charge in [-0.25, -0.2) is 4.79 Å². The predicted molar refractivity (Wildman–Crippen MR) is 91.9 cm³/mol. The van der Waals surface area contributed by atoms with Crippen molar-refractivity contribution in [1.82, 2.24) is 14.4 Å². The van der Waals surface area contributed by atoms with Crippen LogP contribution in [0.2, 0.25) is 0 Å². The van der Waals surface area contributed by atoms with E-state index in [2.05, 4.69) is 11.0 Å². The Hall–Kier alpha value is -2.04. The number of likely N-dealkylation sites (tertiary alicyclic amines) is 1. The molecule has 2 aliphatic rings. The minimum absolute atomic E-state index is 0.236. The van der Waals surface area contributed by atoms with Gasteiger partial charge < -0.3 is 18.9 Å². The summed E-state index contributed by atoms with van der Waals surface area (Å²) in [6, 6.07) is 4.38. The van der Waals surface area contributed by atoms with Crippen LogP contribution in [0.4, 0.5) is 4.79 Å². The molecule has 0 bridgehead atoms. The molecular formula is C18H26N4O3. The highest BCUT2D eigenvalue weighted by Crippen LogP contribution is 2.21. The standard InChI is InChI=1S/C18H26N4O3/c1-20-12-15(10-17(20)11-19)13-22-5-3-2-4-16(22)14-25-18(23)21-6-8-24-9-7-21/h10,12,16H,2-9,13-14H2,1H3/t16-/m1/s1. The van der Waals surface area contributed by atoms with E-state index < -0.39 is 0 Å². The predicted octanol–water partition coefficient (Wildman–Crippen LogP) is 1.72. The van der Waals surface area contributed by atoms with Crippen molar-refractivity contribution in [2.24, 2.45) is 7.05 Å². The first-order chi connectivity index (χ1) is 12.2. The summed E-state index contributed by atoms with van der Waals surface area (Å²) in [4.78, 5) is 16.3. The number of carbonyl (C=O) groups excluding carboxylic acids is 1. The molecule has 25 heavy (non-hydrogen) atoms.